The molecular weight excluding hydrogens is 182 g/mol. The second-order valence-electron chi connectivity index (χ2n) is 2.05. The summed E-state index contributed by atoms with van der Waals surface area (Å²) in [5, 5.41) is 2.84. The van der Waals surface area contributed by atoms with Crippen LogP contribution in [0.2, 0.25) is 5.28 Å². The molecule has 1 heterocycles. The number of halogens is 1. The van der Waals surface area contributed by atoms with E-state index in [0.717, 1.165) is 0 Å². The maximum absolute atomic E-state index is 10.0. The molecule has 0 atom stereocenters. The third-order valence-corrected chi connectivity index (χ3v) is 1.54. The first kappa shape index (κ1) is 9.15. The summed E-state index contributed by atoms with van der Waals surface area (Å²) in [5.74, 6) is 0.0692. The number of ether oxygens (including phenoxy) is 1. The highest BCUT2D eigenvalue weighted by atomic mass is 35.5. The van der Waals surface area contributed by atoms with E-state index >= 15 is 0 Å². The van der Waals surface area contributed by atoms with Gasteiger partial charge in [0.1, 0.15) is 6.73 Å². The lowest BCUT2D eigenvalue weighted by Crippen LogP contribution is -2.00. The largest absolute Gasteiger partial charge is 0.361 e. The van der Waals surface area contributed by atoms with Crippen LogP contribution >= 0.6 is 11.6 Å². The molecule has 0 fully saturated rings. The molecule has 0 aliphatic rings. The number of aromatic nitrogens is 2. The Bertz CT molecular complexity index is 274. The third-order valence-electron chi connectivity index (χ3n) is 1.24. The van der Waals surface area contributed by atoms with Gasteiger partial charge < -0.3 is 4.74 Å². The maximum atomic E-state index is 10.0. The number of nitroso groups, excluding NO2 is 1. The van der Waals surface area contributed by atoms with Crippen molar-refractivity contribution in [1.82, 2.24) is 9.55 Å². The highest BCUT2D eigenvalue weighted by Crippen LogP contribution is 2.15. The van der Waals surface area contributed by atoms with Gasteiger partial charge in [-0.2, -0.15) is 4.98 Å². The standard InChI is InChI=1S/C6H8ClN3O2/c1-2-12-4-10-3-5(9-11)8-6(10)7/h3H,2,4H2,1H3. The predicted octanol–water partition coefficient (Wildman–Crippen LogP) is 1.93. The van der Waals surface area contributed by atoms with Gasteiger partial charge in [-0.25, -0.2) is 0 Å². The lowest BCUT2D eigenvalue weighted by molar-refractivity contribution is 0.0880. The van der Waals surface area contributed by atoms with Crippen molar-refractivity contribution in [3.8, 4) is 0 Å². The summed E-state index contributed by atoms with van der Waals surface area (Å²) < 4.78 is 6.55. The molecule has 0 amide bonds. The van der Waals surface area contributed by atoms with E-state index < -0.39 is 0 Å². The molecule has 0 bridgehead atoms. The number of nitrogens with zero attached hydrogens (tertiary/aromatic N) is 3. The quantitative estimate of drug-likeness (QED) is 0.680. The summed E-state index contributed by atoms with van der Waals surface area (Å²) in [6.07, 6.45) is 1.44. The molecule has 1 aromatic rings. The minimum atomic E-state index is 0.0692. The van der Waals surface area contributed by atoms with Crippen molar-refractivity contribution in [2.75, 3.05) is 6.61 Å². The summed E-state index contributed by atoms with van der Waals surface area (Å²) in [6, 6.07) is 0. The van der Waals surface area contributed by atoms with Gasteiger partial charge in [-0.05, 0) is 23.7 Å². The highest BCUT2D eigenvalue weighted by molar-refractivity contribution is 6.28. The fourth-order valence-electron chi connectivity index (χ4n) is 0.704. The van der Waals surface area contributed by atoms with Crippen molar-refractivity contribution in [3.05, 3.63) is 16.4 Å². The summed E-state index contributed by atoms with van der Waals surface area (Å²) in [6.45, 7) is 2.74. The molecule has 1 rings (SSSR count). The van der Waals surface area contributed by atoms with Gasteiger partial charge >= 0.3 is 0 Å². The molecule has 0 saturated carbocycles. The number of hydrogen-bond donors (Lipinski definition) is 0. The third kappa shape index (κ3) is 2.02. The van der Waals surface area contributed by atoms with E-state index in [0.29, 0.717) is 6.61 Å². The second kappa shape index (κ2) is 4.18. The molecule has 0 N–H and O–H groups in total. The number of hydrogen-bond acceptors (Lipinski definition) is 4. The summed E-state index contributed by atoms with van der Waals surface area (Å²) in [7, 11) is 0. The van der Waals surface area contributed by atoms with Crippen molar-refractivity contribution < 1.29 is 4.74 Å². The Kier molecular flexibility index (Phi) is 3.19. The molecule has 6 heteroatoms. The van der Waals surface area contributed by atoms with Gasteiger partial charge in [0.2, 0.25) is 11.1 Å². The van der Waals surface area contributed by atoms with E-state index in [9.17, 15) is 4.91 Å². The zero-order chi connectivity index (χ0) is 8.97. The van der Waals surface area contributed by atoms with E-state index in [4.69, 9.17) is 16.3 Å². The molecule has 0 unspecified atom stereocenters. The van der Waals surface area contributed by atoms with Gasteiger partial charge in [-0.15, -0.1) is 4.91 Å². The molecular formula is C6H8ClN3O2. The topological polar surface area (TPSA) is 56.5 Å². The number of rotatable bonds is 4. The van der Waals surface area contributed by atoms with Crippen LogP contribution in [0.4, 0.5) is 5.82 Å². The zero-order valence-corrected chi connectivity index (χ0v) is 7.28. The van der Waals surface area contributed by atoms with Gasteiger partial charge in [-0.3, -0.25) is 4.57 Å². The average molecular weight is 190 g/mol. The summed E-state index contributed by atoms with van der Waals surface area (Å²) >= 11 is 5.63. The molecule has 0 aromatic carbocycles. The van der Waals surface area contributed by atoms with E-state index in [1.807, 2.05) is 6.92 Å². The second-order valence-corrected chi connectivity index (χ2v) is 2.39. The smallest absolute Gasteiger partial charge is 0.215 e. The Balaban J connectivity index is 2.70. The minimum absolute atomic E-state index is 0.0692. The Morgan fingerprint density at radius 2 is 2.58 bits per heavy atom. The first-order valence-corrected chi connectivity index (χ1v) is 3.79. The number of imidazole rings is 1. The average Bonchev–Trinajstić information content (AvgIpc) is 2.43. The Hall–Kier alpha value is -0.940. The van der Waals surface area contributed by atoms with Crippen LogP contribution in [0.3, 0.4) is 0 Å². The van der Waals surface area contributed by atoms with Crippen LogP contribution in [-0.2, 0) is 11.5 Å². The molecule has 12 heavy (non-hydrogen) atoms. The Morgan fingerprint density at radius 3 is 3.08 bits per heavy atom. The zero-order valence-electron chi connectivity index (χ0n) is 6.53. The molecule has 5 nitrogen and oxygen atoms in total. The van der Waals surface area contributed by atoms with E-state index in [2.05, 4.69) is 10.2 Å². The molecule has 0 aliphatic carbocycles. The minimum Gasteiger partial charge on any atom is -0.361 e. The maximum Gasteiger partial charge on any atom is 0.215 e. The summed E-state index contributed by atoms with van der Waals surface area (Å²) in [4.78, 5) is 13.7. The van der Waals surface area contributed by atoms with Crippen molar-refractivity contribution >= 4 is 17.4 Å². The first-order valence-electron chi connectivity index (χ1n) is 3.41. The molecule has 0 spiro atoms. The Morgan fingerprint density at radius 1 is 1.83 bits per heavy atom. The van der Waals surface area contributed by atoms with Crippen LogP contribution in [0.25, 0.3) is 0 Å². The highest BCUT2D eigenvalue weighted by Gasteiger charge is 2.04. The molecule has 1 aromatic heterocycles. The fraction of sp³-hybridized carbons (Fsp3) is 0.500. The first-order chi connectivity index (χ1) is 5.77. The van der Waals surface area contributed by atoms with E-state index in [1.165, 1.54) is 10.8 Å². The van der Waals surface area contributed by atoms with Crippen molar-refractivity contribution in [2.24, 2.45) is 5.18 Å². The normalized spacial score (nSPS) is 10.2. The van der Waals surface area contributed by atoms with E-state index in [1.54, 1.807) is 0 Å². The van der Waals surface area contributed by atoms with Crippen molar-refractivity contribution in [1.29, 1.82) is 0 Å². The molecule has 0 radical (unpaired) electrons. The monoisotopic (exact) mass is 189 g/mol. The van der Waals surface area contributed by atoms with Crippen molar-refractivity contribution in [2.45, 2.75) is 13.7 Å². The lowest BCUT2D eigenvalue weighted by atomic mass is 10.8. The molecule has 0 aliphatic heterocycles. The van der Waals surface area contributed by atoms with Crippen molar-refractivity contribution in [3.63, 3.8) is 0 Å². The van der Waals surface area contributed by atoms with Gasteiger partial charge in [0.05, 0.1) is 6.20 Å². The SMILES string of the molecule is CCOCn1cc(N=O)nc1Cl. The fourth-order valence-corrected chi connectivity index (χ4v) is 0.889. The van der Waals surface area contributed by atoms with Gasteiger partial charge in [0.25, 0.3) is 0 Å². The van der Waals surface area contributed by atoms with Crippen LogP contribution in [-0.4, -0.2) is 16.2 Å². The molecule has 0 saturated heterocycles. The van der Waals surface area contributed by atoms with Gasteiger partial charge in [-0.1, -0.05) is 0 Å². The van der Waals surface area contributed by atoms with Crippen LogP contribution < -0.4 is 0 Å². The predicted molar refractivity (Wildman–Crippen MR) is 44.3 cm³/mol. The molecule has 66 valence electrons. The van der Waals surface area contributed by atoms with Crippen LogP contribution in [0.5, 0.6) is 0 Å². The van der Waals surface area contributed by atoms with Gasteiger partial charge in [0, 0.05) is 6.61 Å². The van der Waals surface area contributed by atoms with Gasteiger partial charge in [0.15, 0.2) is 0 Å². The van der Waals surface area contributed by atoms with E-state index in [-0.39, 0.29) is 17.8 Å². The lowest BCUT2D eigenvalue weighted by Gasteiger charge is -2.01. The Labute approximate surface area is 74.3 Å². The van der Waals surface area contributed by atoms with Crippen LogP contribution in [0.15, 0.2) is 11.4 Å². The van der Waals surface area contributed by atoms with Crippen LogP contribution in [0, 0.1) is 4.91 Å². The van der Waals surface area contributed by atoms with Crippen LogP contribution in [0.1, 0.15) is 6.92 Å². The summed E-state index contributed by atoms with van der Waals surface area (Å²) in [5.41, 5.74) is 0.